The minimum absolute atomic E-state index is 0.693. The highest BCUT2D eigenvalue weighted by Gasteiger charge is 2.20. The van der Waals surface area contributed by atoms with E-state index < -0.39 is 0 Å². The van der Waals surface area contributed by atoms with Crippen molar-refractivity contribution in [1.29, 1.82) is 0 Å². The zero-order valence-electron chi connectivity index (χ0n) is 11.6. The first-order valence-corrected chi connectivity index (χ1v) is 8.45. The fraction of sp³-hybridized carbons (Fsp3) is 0.625. The lowest BCUT2D eigenvalue weighted by molar-refractivity contribution is 0.319. The highest BCUT2D eigenvalue weighted by atomic mass is 32.2. The molecule has 1 aromatic carbocycles. The summed E-state index contributed by atoms with van der Waals surface area (Å²) >= 11 is 1.80. The highest BCUT2D eigenvalue weighted by molar-refractivity contribution is 7.98. The van der Waals surface area contributed by atoms with Crippen molar-refractivity contribution in [3.05, 3.63) is 24.3 Å². The van der Waals surface area contributed by atoms with Crippen LogP contribution in [-0.4, -0.2) is 12.3 Å². The van der Waals surface area contributed by atoms with Crippen LogP contribution in [0.2, 0.25) is 0 Å². The molecule has 1 aromatic rings. The Morgan fingerprint density at radius 1 is 1.11 bits per heavy atom. The van der Waals surface area contributed by atoms with E-state index in [1.165, 1.54) is 49.1 Å². The van der Waals surface area contributed by atoms with Crippen molar-refractivity contribution >= 4 is 17.4 Å². The van der Waals surface area contributed by atoms with Gasteiger partial charge in [0.25, 0.3) is 0 Å². The van der Waals surface area contributed by atoms with Crippen molar-refractivity contribution in [3.63, 3.8) is 0 Å². The number of thioether (sulfide) groups is 1. The van der Waals surface area contributed by atoms with Gasteiger partial charge in [-0.25, -0.2) is 0 Å². The van der Waals surface area contributed by atoms with E-state index in [0.717, 1.165) is 5.92 Å². The lowest BCUT2D eigenvalue weighted by atomic mass is 9.83. The Bertz CT molecular complexity index is 339. The monoisotopic (exact) mass is 263 g/mol. The number of hydrogen-bond donors (Lipinski definition) is 1. The molecular weight excluding hydrogens is 238 g/mol. The molecule has 1 nitrogen and oxygen atoms in total. The maximum Gasteiger partial charge on any atom is 0.0343 e. The molecule has 18 heavy (non-hydrogen) atoms. The maximum atomic E-state index is 3.69. The van der Waals surface area contributed by atoms with E-state index in [-0.39, 0.29) is 0 Å². The number of rotatable bonds is 5. The first-order valence-electron chi connectivity index (χ1n) is 7.22. The minimum atomic E-state index is 0.693. The summed E-state index contributed by atoms with van der Waals surface area (Å²) in [6.07, 6.45) is 10.4. The van der Waals surface area contributed by atoms with Crippen molar-refractivity contribution in [2.45, 2.75) is 56.4 Å². The van der Waals surface area contributed by atoms with Crippen LogP contribution >= 0.6 is 11.8 Å². The number of hydrogen-bond acceptors (Lipinski definition) is 2. The Hall–Kier alpha value is -0.630. The molecule has 1 aliphatic carbocycles. The smallest absolute Gasteiger partial charge is 0.0343 e. The second kappa shape index (κ2) is 7.08. The van der Waals surface area contributed by atoms with Crippen molar-refractivity contribution < 1.29 is 0 Å². The van der Waals surface area contributed by atoms with Crippen LogP contribution in [0.5, 0.6) is 0 Å². The number of nitrogens with one attached hydrogen (secondary N) is 1. The quantitative estimate of drug-likeness (QED) is 0.735. The van der Waals surface area contributed by atoms with Crippen molar-refractivity contribution in [3.8, 4) is 0 Å². The van der Waals surface area contributed by atoms with Gasteiger partial charge in [-0.15, -0.1) is 11.8 Å². The summed E-state index contributed by atoms with van der Waals surface area (Å²) in [6, 6.07) is 9.53. The number of anilines is 1. The summed E-state index contributed by atoms with van der Waals surface area (Å²) in [5.41, 5.74) is 1.28. The van der Waals surface area contributed by atoms with Crippen LogP contribution in [0.1, 0.15) is 45.4 Å². The van der Waals surface area contributed by atoms with Crippen LogP contribution in [0.3, 0.4) is 0 Å². The average Bonchev–Trinajstić information content (AvgIpc) is 2.42. The van der Waals surface area contributed by atoms with Crippen LogP contribution in [0.15, 0.2) is 29.2 Å². The predicted octanol–water partition coefficient (Wildman–Crippen LogP) is 5.18. The van der Waals surface area contributed by atoms with E-state index >= 15 is 0 Å². The van der Waals surface area contributed by atoms with Crippen molar-refractivity contribution in [2.75, 3.05) is 11.6 Å². The second-order valence-corrected chi connectivity index (χ2v) is 6.26. The van der Waals surface area contributed by atoms with Crippen LogP contribution in [0, 0.1) is 5.92 Å². The minimum Gasteiger partial charge on any atom is -0.382 e. The molecule has 0 spiro atoms. The molecule has 0 amide bonds. The van der Waals surface area contributed by atoms with Gasteiger partial charge in [0.2, 0.25) is 0 Å². The first kappa shape index (κ1) is 13.8. The van der Waals surface area contributed by atoms with E-state index in [1.54, 1.807) is 11.8 Å². The molecule has 0 atom stereocenters. The predicted molar refractivity (Wildman–Crippen MR) is 82.5 cm³/mol. The molecule has 100 valence electrons. The summed E-state index contributed by atoms with van der Waals surface area (Å²) < 4.78 is 0. The van der Waals surface area contributed by atoms with Gasteiger partial charge in [-0.1, -0.05) is 19.8 Å². The van der Waals surface area contributed by atoms with Gasteiger partial charge in [-0.3, -0.25) is 0 Å². The Morgan fingerprint density at radius 2 is 1.78 bits per heavy atom. The van der Waals surface area contributed by atoms with Crippen molar-refractivity contribution in [2.24, 2.45) is 5.92 Å². The molecule has 2 heteroatoms. The van der Waals surface area contributed by atoms with E-state index in [4.69, 9.17) is 0 Å². The van der Waals surface area contributed by atoms with Gasteiger partial charge in [-0.2, -0.15) is 0 Å². The molecule has 0 radical (unpaired) electrons. The fourth-order valence-corrected chi connectivity index (χ4v) is 3.33. The normalized spacial score (nSPS) is 23.9. The molecule has 0 heterocycles. The van der Waals surface area contributed by atoms with Crippen LogP contribution in [0.25, 0.3) is 0 Å². The van der Waals surface area contributed by atoms with Crippen LogP contribution < -0.4 is 5.32 Å². The van der Waals surface area contributed by atoms with Gasteiger partial charge in [0.15, 0.2) is 0 Å². The van der Waals surface area contributed by atoms with E-state index in [2.05, 4.69) is 42.8 Å². The highest BCUT2D eigenvalue weighted by Crippen LogP contribution is 2.29. The lowest BCUT2D eigenvalue weighted by Gasteiger charge is -2.29. The summed E-state index contributed by atoms with van der Waals surface area (Å²) in [5, 5.41) is 3.69. The number of benzene rings is 1. The van der Waals surface area contributed by atoms with E-state index in [9.17, 15) is 0 Å². The molecule has 0 unspecified atom stereocenters. The molecule has 0 saturated heterocycles. The van der Waals surface area contributed by atoms with Gasteiger partial charge in [0, 0.05) is 16.6 Å². The molecule has 2 rings (SSSR count). The SMILES string of the molecule is CCCC1CCC(Nc2ccc(SC)cc2)CC1. The summed E-state index contributed by atoms with van der Waals surface area (Å²) in [4.78, 5) is 1.34. The zero-order chi connectivity index (χ0) is 12.8. The summed E-state index contributed by atoms with van der Waals surface area (Å²) in [6.45, 7) is 2.30. The first-order chi connectivity index (χ1) is 8.81. The van der Waals surface area contributed by atoms with E-state index in [1.807, 2.05) is 0 Å². The van der Waals surface area contributed by atoms with Crippen LogP contribution in [0.4, 0.5) is 5.69 Å². The standard InChI is InChI=1S/C16H25NS/c1-3-4-13-5-7-14(8-6-13)17-15-9-11-16(18-2)12-10-15/h9-14,17H,3-8H2,1-2H3. The van der Waals surface area contributed by atoms with Gasteiger partial charge in [0.1, 0.15) is 0 Å². The molecule has 0 bridgehead atoms. The molecule has 1 N–H and O–H groups in total. The van der Waals surface area contributed by atoms with Gasteiger partial charge in [0.05, 0.1) is 0 Å². The topological polar surface area (TPSA) is 12.0 Å². The molecule has 1 saturated carbocycles. The Morgan fingerprint density at radius 3 is 2.33 bits per heavy atom. The molecule has 0 aromatic heterocycles. The summed E-state index contributed by atoms with van der Waals surface area (Å²) in [7, 11) is 0. The summed E-state index contributed by atoms with van der Waals surface area (Å²) in [5.74, 6) is 0.993. The molecule has 1 fully saturated rings. The maximum absolute atomic E-state index is 3.69. The Kier molecular flexibility index (Phi) is 5.43. The largest absolute Gasteiger partial charge is 0.382 e. The van der Waals surface area contributed by atoms with Gasteiger partial charge >= 0.3 is 0 Å². The Labute approximate surface area is 116 Å². The fourth-order valence-electron chi connectivity index (χ4n) is 2.93. The van der Waals surface area contributed by atoms with Gasteiger partial charge in [-0.05, 0) is 62.1 Å². The average molecular weight is 263 g/mol. The zero-order valence-corrected chi connectivity index (χ0v) is 12.4. The third kappa shape index (κ3) is 3.94. The third-order valence-corrected chi connectivity index (χ3v) is 4.75. The molecule has 0 aliphatic heterocycles. The van der Waals surface area contributed by atoms with Crippen molar-refractivity contribution in [1.82, 2.24) is 0 Å². The second-order valence-electron chi connectivity index (χ2n) is 5.38. The third-order valence-electron chi connectivity index (χ3n) is 4.00. The Balaban J connectivity index is 1.80. The molecular formula is C16H25NS. The van der Waals surface area contributed by atoms with E-state index in [0.29, 0.717) is 6.04 Å². The lowest BCUT2D eigenvalue weighted by Crippen LogP contribution is -2.26. The van der Waals surface area contributed by atoms with Gasteiger partial charge < -0.3 is 5.32 Å². The van der Waals surface area contributed by atoms with Crippen LogP contribution in [-0.2, 0) is 0 Å². The molecule has 1 aliphatic rings.